The number of para-hydroxylation sites is 1. The Morgan fingerprint density at radius 1 is 1.00 bits per heavy atom. The lowest BCUT2D eigenvalue weighted by atomic mass is 9.85. The van der Waals surface area contributed by atoms with E-state index in [0.29, 0.717) is 12.0 Å². The lowest BCUT2D eigenvalue weighted by Crippen LogP contribution is -2.14. The van der Waals surface area contributed by atoms with Crippen molar-refractivity contribution in [3.05, 3.63) is 65.7 Å². The molecule has 0 aliphatic carbocycles. The smallest absolute Gasteiger partial charge is 0.144 e. The Hall–Kier alpha value is -2.09. The van der Waals surface area contributed by atoms with E-state index in [0.717, 1.165) is 24.8 Å². The van der Waals surface area contributed by atoms with Crippen molar-refractivity contribution in [3.63, 3.8) is 0 Å². The van der Waals surface area contributed by atoms with Gasteiger partial charge in [0.15, 0.2) is 0 Å². The van der Waals surface area contributed by atoms with Crippen LogP contribution in [0.2, 0.25) is 0 Å². The van der Waals surface area contributed by atoms with Crippen LogP contribution in [-0.4, -0.2) is 10.9 Å². The molecule has 21 heavy (non-hydrogen) atoms. The summed E-state index contributed by atoms with van der Waals surface area (Å²) in [5, 5.41) is 10.1. The van der Waals surface area contributed by atoms with Gasteiger partial charge in [-0.25, -0.2) is 0 Å². The lowest BCUT2D eigenvalue weighted by Gasteiger charge is -2.18. The molecule has 110 valence electrons. The van der Waals surface area contributed by atoms with Crippen LogP contribution in [0.5, 0.6) is 5.75 Å². The van der Waals surface area contributed by atoms with Gasteiger partial charge in [-0.05, 0) is 18.1 Å². The van der Waals surface area contributed by atoms with E-state index in [1.54, 1.807) is 12.1 Å². The second-order valence-electron chi connectivity index (χ2n) is 5.33. The van der Waals surface area contributed by atoms with Gasteiger partial charge >= 0.3 is 0 Å². The number of hydrogen-bond acceptors (Lipinski definition) is 2. The highest BCUT2D eigenvalue weighted by Gasteiger charge is 2.24. The number of carbonyl (C=O) groups excluding carboxylic acids is 1. The van der Waals surface area contributed by atoms with Crippen LogP contribution in [-0.2, 0) is 4.79 Å². The average molecular weight is 282 g/mol. The number of phenolic OH excluding ortho intramolecular Hbond substituents is 1. The Labute approximate surface area is 126 Å². The molecule has 0 saturated carbocycles. The van der Waals surface area contributed by atoms with Crippen molar-refractivity contribution >= 4 is 5.78 Å². The summed E-state index contributed by atoms with van der Waals surface area (Å²) in [6.07, 6.45) is 3.63. The highest BCUT2D eigenvalue weighted by molar-refractivity contribution is 5.89. The molecule has 1 atom stereocenters. The Kier molecular flexibility index (Phi) is 5.56. The van der Waals surface area contributed by atoms with Crippen LogP contribution in [0, 0.1) is 0 Å². The van der Waals surface area contributed by atoms with Gasteiger partial charge in [-0.3, -0.25) is 4.79 Å². The second-order valence-corrected chi connectivity index (χ2v) is 5.33. The van der Waals surface area contributed by atoms with Crippen LogP contribution < -0.4 is 0 Å². The summed E-state index contributed by atoms with van der Waals surface area (Å²) in [6.45, 7) is 2.13. The first-order chi connectivity index (χ1) is 10.2. The molecule has 1 unspecified atom stereocenters. The average Bonchev–Trinajstić information content (AvgIpc) is 2.51. The molecule has 0 radical (unpaired) electrons. The summed E-state index contributed by atoms with van der Waals surface area (Å²) in [7, 11) is 0. The van der Waals surface area contributed by atoms with E-state index >= 15 is 0 Å². The van der Waals surface area contributed by atoms with E-state index in [1.807, 2.05) is 42.5 Å². The molecule has 2 nitrogen and oxygen atoms in total. The Bertz CT molecular complexity index is 575. The zero-order valence-corrected chi connectivity index (χ0v) is 12.5. The van der Waals surface area contributed by atoms with Gasteiger partial charge in [0, 0.05) is 12.0 Å². The SMILES string of the molecule is CCCCCC(=O)C(c1ccccc1)c1ccccc1O. The summed E-state index contributed by atoms with van der Waals surface area (Å²) >= 11 is 0. The van der Waals surface area contributed by atoms with Crippen LogP contribution in [0.4, 0.5) is 0 Å². The molecule has 2 aromatic carbocycles. The highest BCUT2D eigenvalue weighted by atomic mass is 16.3. The first-order valence-corrected chi connectivity index (χ1v) is 7.59. The largest absolute Gasteiger partial charge is 0.508 e. The minimum Gasteiger partial charge on any atom is -0.508 e. The quantitative estimate of drug-likeness (QED) is 0.749. The summed E-state index contributed by atoms with van der Waals surface area (Å²) < 4.78 is 0. The van der Waals surface area contributed by atoms with Crippen molar-refractivity contribution in [2.24, 2.45) is 0 Å². The topological polar surface area (TPSA) is 37.3 Å². The third kappa shape index (κ3) is 3.94. The minimum absolute atomic E-state index is 0.177. The Morgan fingerprint density at radius 3 is 2.33 bits per heavy atom. The third-order valence-corrected chi connectivity index (χ3v) is 3.73. The number of hydrogen-bond donors (Lipinski definition) is 1. The number of aromatic hydroxyl groups is 1. The lowest BCUT2D eigenvalue weighted by molar-refractivity contribution is -0.119. The molecule has 0 fully saturated rings. The molecular weight excluding hydrogens is 260 g/mol. The van der Waals surface area contributed by atoms with E-state index in [9.17, 15) is 9.90 Å². The summed E-state index contributed by atoms with van der Waals surface area (Å²) in [6, 6.07) is 16.8. The fourth-order valence-corrected chi connectivity index (χ4v) is 2.61. The number of phenols is 1. The third-order valence-electron chi connectivity index (χ3n) is 3.73. The van der Waals surface area contributed by atoms with Crippen LogP contribution in [0.15, 0.2) is 54.6 Å². The Morgan fingerprint density at radius 2 is 1.67 bits per heavy atom. The molecule has 0 aliphatic heterocycles. The zero-order valence-electron chi connectivity index (χ0n) is 12.5. The van der Waals surface area contributed by atoms with Gasteiger partial charge in [0.1, 0.15) is 11.5 Å². The molecule has 0 heterocycles. The maximum atomic E-state index is 12.7. The van der Waals surface area contributed by atoms with Crippen molar-refractivity contribution in [3.8, 4) is 5.75 Å². The second kappa shape index (κ2) is 7.63. The van der Waals surface area contributed by atoms with E-state index in [4.69, 9.17) is 0 Å². The van der Waals surface area contributed by atoms with E-state index in [2.05, 4.69) is 6.92 Å². The molecule has 0 spiro atoms. The summed E-state index contributed by atoms with van der Waals surface area (Å²) in [4.78, 5) is 12.7. The van der Waals surface area contributed by atoms with E-state index in [-0.39, 0.29) is 17.5 Å². The zero-order chi connectivity index (χ0) is 15.1. The van der Waals surface area contributed by atoms with Crippen molar-refractivity contribution < 1.29 is 9.90 Å². The monoisotopic (exact) mass is 282 g/mol. The van der Waals surface area contributed by atoms with Crippen molar-refractivity contribution in [2.45, 2.75) is 38.5 Å². The molecule has 2 aromatic rings. The standard InChI is InChI=1S/C19H22O2/c1-2-3-5-14-18(21)19(15-10-6-4-7-11-15)16-12-8-9-13-17(16)20/h4,6-13,19-20H,2-3,5,14H2,1H3. The first kappa shape index (κ1) is 15.3. The van der Waals surface area contributed by atoms with Crippen molar-refractivity contribution in [1.29, 1.82) is 0 Å². The molecule has 0 aliphatic rings. The highest BCUT2D eigenvalue weighted by Crippen LogP contribution is 2.33. The summed E-state index contributed by atoms with van der Waals surface area (Å²) in [5.74, 6) is -0.00407. The van der Waals surface area contributed by atoms with Crippen molar-refractivity contribution in [1.82, 2.24) is 0 Å². The number of carbonyl (C=O) groups is 1. The van der Waals surface area contributed by atoms with E-state index in [1.165, 1.54) is 0 Å². The first-order valence-electron chi connectivity index (χ1n) is 7.59. The normalized spacial score (nSPS) is 12.0. The molecular formula is C19H22O2. The molecule has 0 saturated heterocycles. The number of unbranched alkanes of at least 4 members (excludes halogenated alkanes) is 2. The van der Waals surface area contributed by atoms with Crippen LogP contribution >= 0.6 is 0 Å². The molecule has 0 bridgehead atoms. The van der Waals surface area contributed by atoms with Crippen LogP contribution in [0.1, 0.15) is 49.7 Å². The fourth-order valence-electron chi connectivity index (χ4n) is 2.61. The number of benzene rings is 2. The maximum Gasteiger partial charge on any atom is 0.144 e. The minimum atomic E-state index is -0.371. The molecule has 0 amide bonds. The van der Waals surface area contributed by atoms with Crippen molar-refractivity contribution in [2.75, 3.05) is 0 Å². The molecule has 2 heteroatoms. The number of ketones is 1. The van der Waals surface area contributed by atoms with E-state index < -0.39 is 0 Å². The van der Waals surface area contributed by atoms with Crippen LogP contribution in [0.25, 0.3) is 0 Å². The van der Waals surface area contributed by atoms with Gasteiger partial charge in [0.25, 0.3) is 0 Å². The van der Waals surface area contributed by atoms with Gasteiger partial charge in [-0.1, -0.05) is 68.3 Å². The van der Waals surface area contributed by atoms with Gasteiger partial charge in [0.2, 0.25) is 0 Å². The summed E-state index contributed by atoms with van der Waals surface area (Å²) in [5.41, 5.74) is 1.64. The molecule has 1 N–H and O–H groups in total. The molecule has 0 aromatic heterocycles. The Balaban J connectivity index is 2.32. The number of rotatable bonds is 7. The van der Waals surface area contributed by atoms with Gasteiger partial charge in [0.05, 0.1) is 5.92 Å². The predicted octanol–water partition coefficient (Wildman–Crippen LogP) is 4.67. The van der Waals surface area contributed by atoms with Crippen LogP contribution in [0.3, 0.4) is 0 Å². The van der Waals surface area contributed by atoms with Gasteiger partial charge in [-0.2, -0.15) is 0 Å². The predicted molar refractivity (Wildman–Crippen MR) is 85.5 cm³/mol. The number of Topliss-reactive ketones (excluding diaryl/α,β-unsaturated/α-hetero) is 1. The van der Waals surface area contributed by atoms with Gasteiger partial charge in [-0.15, -0.1) is 0 Å². The fraction of sp³-hybridized carbons (Fsp3) is 0.316. The van der Waals surface area contributed by atoms with Gasteiger partial charge < -0.3 is 5.11 Å². The molecule has 2 rings (SSSR count). The maximum absolute atomic E-state index is 12.7.